The predicted molar refractivity (Wildman–Crippen MR) is 215 cm³/mol. The second kappa shape index (κ2) is 10.9. The van der Waals surface area contributed by atoms with Crippen LogP contribution < -0.4 is 4.74 Å². The number of ether oxygens (including phenoxy) is 1. The Balaban J connectivity index is 1.12. The van der Waals surface area contributed by atoms with Crippen LogP contribution in [0.4, 0.5) is 0 Å². The number of rotatable bonds is 4. The van der Waals surface area contributed by atoms with Gasteiger partial charge in [-0.25, -0.2) is 0 Å². The summed E-state index contributed by atoms with van der Waals surface area (Å²) in [4.78, 5) is 0. The molecule has 0 bridgehead atoms. The molecule has 0 saturated carbocycles. The summed E-state index contributed by atoms with van der Waals surface area (Å²) in [6, 6.07) is 66.3. The summed E-state index contributed by atoms with van der Waals surface area (Å²) in [5.41, 5.74) is 12.0. The summed E-state index contributed by atoms with van der Waals surface area (Å²) in [5, 5.41) is 10.2. The molecule has 51 heavy (non-hydrogen) atoms. The van der Waals surface area contributed by atoms with Gasteiger partial charge in [0, 0.05) is 10.9 Å². The highest BCUT2D eigenvalue weighted by atomic mass is 16.5. The fourth-order valence-electron chi connectivity index (χ4n) is 8.47. The number of fused-ring (bicyclic) bond motifs is 2. The van der Waals surface area contributed by atoms with Gasteiger partial charge in [-0.1, -0.05) is 158 Å². The molecule has 11 rings (SSSR count). The van der Waals surface area contributed by atoms with Crippen molar-refractivity contribution < 1.29 is 4.74 Å². The van der Waals surface area contributed by atoms with E-state index < -0.39 is 0 Å². The first-order valence-corrected chi connectivity index (χ1v) is 17.6. The van der Waals surface area contributed by atoms with Crippen LogP contribution in [0.2, 0.25) is 0 Å². The summed E-state index contributed by atoms with van der Waals surface area (Å²) in [6.07, 6.45) is 0. The molecular weight excluding hydrogens is 617 g/mol. The second-order valence-corrected chi connectivity index (χ2v) is 13.6. The fourth-order valence-corrected chi connectivity index (χ4v) is 8.47. The van der Waals surface area contributed by atoms with E-state index in [1.807, 2.05) is 0 Å². The molecular formula is C50H30O. The van der Waals surface area contributed by atoms with Crippen molar-refractivity contribution in [2.75, 3.05) is 0 Å². The summed E-state index contributed by atoms with van der Waals surface area (Å²) in [7, 11) is 0. The minimum absolute atomic E-state index is 0.888. The van der Waals surface area contributed by atoms with E-state index in [0.717, 1.165) is 28.0 Å². The van der Waals surface area contributed by atoms with E-state index >= 15 is 0 Å². The number of hydrogen-bond donors (Lipinski definition) is 0. The first-order chi connectivity index (χ1) is 25.3. The molecule has 0 atom stereocenters. The molecule has 236 valence electrons. The molecule has 1 heteroatoms. The van der Waals surface area contributed by atoms with Gasteiger partial charge in [0.1, 0.15) is 11.5 Å². The van der Waals surface area contributed by atoms with Crippen LogP contribution in [0.1, 0.15) is 0 Å². The minimum Gasteiger partial charge on any atom is -0.456 e. The quantitative estimate of drug-likeness (QED) is 0.173. The number of hydrogen-bond acceptors (Lipinski definition) is 1. The lowest BCUT2D eigenvalue weighted by molar-refractivity contribution is 0.487. The van der Waals surface area contributed by atoms with Crippen LogP contribution in [0.3, 0.4) is 0 Å². The third kappa shape index (κ3) is 4.28. The summed E-state index contributed by atoms with van der Waals surface area (Å²) in [5.74, 6) is 1.79. The largest absolute Gasteiger partial charge is 0.456 e. The normalized spacial score (nSPS) is 12.1. The van der Waals surface area contributed by atoms with Gasteiger partial charge in [0.15, 0.2) is 0 Å². The molecule has 0 radical (unpaired) electrons. The van der Waals surface area contributed by atoms with Gasteiger partial charge in [-0.05, 0) is 112 Å². The molecule has 10 aromatic carbocycles. The Morgan fingerprint density at radius 3 is 1.61 bits per heavy atom. The van der Waals surface area contributed by atoms with Gasteiger partial charge >= 0.3 is 0 Å². The second-order valence-electron chi connectivity index (χ2n) is 13.6. The van der Waals surface area contributed by atoms with Crippen LogP contribution >= 0.6 is 0 Å². The zero-order valence-electron chi connectivity index (χ0n) is 27.7. The molecule has 1 aliphatic heterocycles. The van der Waals surface area contributed by atoms with Crippen LogP contribution in [0.5, 0.6) is 11.5 Å². The Kier molecular flexibility index (Phi) is 6.02. The molecule has 0 unspecified atom stereocenters. The zero-order chi connectivity index (χ0) is 33.5. The molecule has 0 amide bonds. The standard InChI is InChI=1S/C50H30O/c1-3-9-31(10-4-1)38-26-28-47-50-41(38)15-8-16-42(50)45-30-37(22-27-46(45)51-47)36-21-23-39(32-11-5-2-6-12-32)44(29-36)40-24-19-35-18-17-33-13-7-14-34-20-25-43(40)49(35)48(33)34/h1-30H. The SMILES string of the molecule is c1ccc(-c2ccc(-c3ccc4c(c3)-c3cccc5c(-c6ccccc6)ccc(c35)O4)cc2-c2ccc3ccc4cccc5ccc2c3c45)cc1. The van der Waals surface area contributed by atoms with Crippen molar-refractivity contribution in [3.8, 4) is 67.1 Å². The van der Waals surface area contributed by atoms with Crippen molar-refractivity contribution in [3.05, 3.63) is 182 Å². The molecule has 0 fully saturated rings. The Morgan fingerprint density at radius 2 is 0.824 bits per heavy atom. The van der Waals surface area contributed by atoms with Gasteiger partial charge in [-0.3, -0.25) is 0 Å². The monoisotopic (exact) mass is 646 g/mol. The molecule has 10 aromatic rings. The Hall–Kier alpha value is -6.70. The topological polar surface area (TPSA) is 9.23 Å². The van der Waals surface area contributed by atoms with Crippen LogP contribution in [0.15, 0.2) is 182 Å². The summed E-state index contributed by atoms with van der Waals surface area (Å²) in [6.45, 7) is 0. The van der Waals surface area contributed by atoms with Crippen molar-refractivity contribution in [1.82, 2.24) is 0 Å². The Labute approximate surface area is 296 Å². The maximum Gasteiger partial charge on any atom is 0.135 e. The smallest absolute Gasteiger partial charge is 0.135 e. The van der Waals surface area contributed by atoms with Crippen molar-refractivity contribution in [1.29, 1.82) is 0 Å². The lowest BCUT2D eigenvalue weighted by Crippen LogP contribution is -1.98. The van der Waals surface area contributed by atoms with Gasteiger partial charge in [0.05, 0.1) is 0 Å². The molecule has 1 aliphatic rings. The summed E-state index contributed by atoms with van der Waals surface area (Å²) >= 11 is 0. The van der Waals surface area contributed by atoms with Gasteiger partial charge in [0.25, 0.3) is 0 Å². The van der Waals surface area contributed by atoms with E-state index in [-0.39, 0.29) is 0 Å². The van der Waals surface area contributed by atoms with E-state index in [1.165, 1.54) is 82.2 Å². The highest BCUT2D eigenvalue weighted by Gasteiger charge is 2.23. The van der Waals surface area contributed by atoms with E-state index in [4.69, 9.17) is 4.74 Å². The highest BCUT2D eigenvalue weighted by molar-refractivity contribution is 6.26. The average Bonchev–Trinajstić information content (AvgIpc) is 3.20. The zero-order valence-corrected chi connectivity index (χ0v) is 27.7. The lowest BCUT2D eigenvalue weighted by Gasteiger charge is -2.23. The molecule has 1 heterocycles. The van der Waals surface area contributed by atoms with E-state index in [0.29, 0.717) is 0 Å². The van der Waals surface area contributed by atoms with Crippen molar-refractivity contribution >= 4 is 43.1 Å². The fraction of sp³-hybridized carbons (Fsp3) is 0. The third-order valence-electron chi connectivity index (χ3n) is 10.8. The average molecular weight is 647 g/mol. The molecule has 0 aliphatic carbocycles. The Bertz CT molecular complexity index is 2960. The van der Waals surface area contributed by atoms with Gasteiger partial charge < -0.3 is 4.74 Å². The maximum atomic E-state index is 6.61. The first kappa shape index (κ1) is 28.2. The molecule has 0 saturated heterocycles. The van der Waals surface area contributed by atoms with Crippen LogP contribution in [0.25, 0.3) is 98.7 Å². The molecule has 0 aromatic heterocycles. The van der Waals surface area contributed by atoms with Crippen LogP contribution in [-0.4, -0.2) is 0 Å². The van der Waals surface area contributed by atoms with Gasteiger partial charge in [-0.2, -0.15) is 0 Å². The maximum absolute atomic E-state index is 6.61. The van der Waals surface area contributed by atoms with Gasteiger partial charge in [-0.15, -0.1) is 0 Å². The molecule has 1 nitrogen and oxygen atoms in total. The highest BCUT2D eigenvalue weighted by Crippen LogP contribution is 2.50. The van der Waals surface area contributed by atoms with E-state index in [9.17, 15) is 0 Å². The molecule has 0 spiro atoms. The van der Waals surface area contributed by atoms with Gasteiger partial charge in [0.2, 0.25) is 0 Å². The van der Waals surface area contributed by atoms with Crippen molar-refractivity contribution in [2.24, 2.45) is 0 Å². The van der Waals surface area contributed by atoms with Crippen LogP contribution in [0, 0.1) is 0 Å². The lowest BCUT2D eigenvalue weighted by atomic mass is 9.85. The van der Waals surface area contributed by atoms with E-state index in [2.05, 4.69) is 182 Å². The number of benzene rings is 10. The molecule has 0 N–H and O–H groups in total. The first-order valence-electron chi connectivity index (χ1n) is 17.6. The predicted octanol–water partition coefficient (Wildman–Crippen LogP) is 14.2. The van der Waals surface area contributed by atoms with Crippen molar-refractivity contribution in [2.45, 2.75) is 0 Å². The summed E-state index contributed by atoms with van der Waals surface area (Å²) < 4.78 is 6.61. The minimum atomic E-state index is 0.888. The van der Waals surface area contributed by atoms with E-state index in [1.54, 1.807) is 0 Å². The Morgan fingerprint density at radius 1 is 0.255 bits per heavy atom. The third-order valence-corrected chi connectivity index (χ3v) is 10.8. The van der Waals surface area contributed by atoms with Crippen molar-refractivity contribution in [3.63, 3.8) is 0 Å². The van der Waals surface area contributed by atoms with Crippen LogP contribution in [-0.2, 0) is 0 Å².